The second-order valence-corrected chi connectivity index (χ2v) is 10.7. The zero-order chi connectivity index (χ0) is 27.6. The van der Waals surface area contributed by atoms with Gasteiger partial charge in [0.1, 0.15) is 0 Å². The van der Waals surface area contributed by atoms with E-state index in [1.165, 1.54) is 33.4 Å². The van der Waals surface area contributed by atoms with Crippen LogP contribution in [-0.4, -0.2) is 0 Å². The summed E-state index contributed by atoms with van der Waals surface area (Å²) in [4.78, 5) is 4.76. The Bertz CT molecular complexity index is 1480. The van der Waals surface area contributed by atoms with Crippen molar-refractivity contribution >= 4 is 34.1 Å². The van der Waals surface area contributed by atoms with Crippen LogP contribution in [0.15, 0.2) is 133 Å². The summed E-state index contributed by atoms with van der Waals surface area (Å²) in [6.45, 7) is 8.54. The van der Waals surface area contributed by atoms with E-state index in [1.807, 2.05) is 0 Å². The quantitative estimate of drug-likeness (QED) is 0.216. The third-order valence-corrected chi connectivity index (χ3v) is 7.51. The predicted octanol–water partition coefficient (Wildman–Crippen LogP) is 11.0. The highest BCUT2D eigenvalue weighted by atomic mass is 15.2. The Balaban J connectivity index is 1.62. The van der Waals surface area contributed by atoms with E-state index in [2.05, 4.69) is 171 Å². The summed E-state index contributed by atoms with van der Waals surface area (Å²) >= 11 is 0. The summed E-state index contributed by atoms with van der Waals surface area (Å²) in [6, 6.07) is 48.5. The van der Waals surface area contributed by atoms with Gasteiger partial charge < -0.3 is 9.80 Å². The van der Waals surface area contributed by atoms with Crippen LogP contribution < -0.4 is 9.80 Å². The first-order valence-electron chi connectivity index (χ1n) is 13.9. The highest BCUT2D eigenvalue weighted by molar-refractivity contribution is 6.01. The Morgan fingerprint density at radius 3 is 0.875 bits per heavy atom. The van der Waals surface area contributed by atoms with Gasteiger partial charge in [-0.25, -0.2) is 0 Å². The third-order valence-electron chi connectivity index (χ3n) is 7.51. The van der Waals surface area contributed by atoms with Gasteiger partial charge >= 0.3 is 0 Å². The maximum atomic E-state index is 2.38. The summed E-state index contributed by atoms with van der Waals surface area (Å²) in [5, 5.41) is 0. The number of hydrogen-bond donors (Lipinski definition) is 0. The van der Waals surface area contributed by atoms with Gasteiger partial charge in [-0.3, -0.25) is 0 Å². The van der Waals surface area contributed by atoms with Crippen molar-refractivity contribution in [3.8, 4) is 11.1 Å². The Morgan fingerprint density at radius 2 is 0.600 bits per heavy atom. The Hall–Kier alpha value is -4.82. The Kier molecular flexibility index (Phi) is 6.84. The lowest BCUT2D eigenvalue weighted by Crippen LogP contribution is -2.10. The monoisotopic (exact) mass is 518 g/mol. The van der Waals surface area contributed by atoms with Crippen LogP contribution in [0, 0.1) is 27.7 Å². The lowest BCUT2D eigenvalue weighted by atomic mass is 10.1. The number of benzene rings is 4. The maximum absolute atomic E-state index is 2.38. The molecule has 2 heteroatoms. The lowest BCUT2D eigenvalue weighted by Gasteiger charge is -2.26. The molecule has 0 aliphatic heterocycles. The number of rotatable bonds is 6. The van der Waals surface area contributed by atoms with Gasteiger partial charge in [-0.1, -0.05) is 101 Å². The molecule has 196 valence electrons. The number of hydrogen-bond acceptors (Lipinski definition) is 2. The minimum Gasteiger partial charge on any atom is -0.310 e. The molecule has 0 heterocycles. The van der Waals surface area contributed by atoms with E-state index in [-0.39, 0.29) is 0 Å². The van der Waals surface area contributed by atoms with Gasteiger partial charge in [0, 0.05) is 33.9 Å². The van der Waals surface area contributed by atoms with E-state index in [4.69, 9.17) is 0 Å². The molecule has 2 aliphatic rings. The van der Waals surface area contributed by atoms with E-state index < -0.39 is 0 Å². The summed E-state index contributed by atoms with van der Waals surface area (Å²) < 4.78 is 0. The molecule has 0 saturated heterocycles. The van der Waals surface area contributed by atoms with Crippen LogP contribution in [-0.2, 0) is 0 Å². The first-order chi connectivity index (χ1) is 19.5. The minimum absolute atomic E-state index is 1.14. The van der Waals surface area contributed by atoms with Crippen LogP contribution in [0.25, 0.3) is 11.1 Å². The number of anilines is 6. The molecule has 2 nitrogen and oxygen atoms in total. The van der Waals surface area contributed by atoms with Crippen molar-refractivity contribution in [2.24, 2.45) is 0 Å². The fraction of sp³-hybridized carbons (Fsp3) is 0.105. The normalized spacial score (nSPS) is 11.0. The summed E-state index contributed by atoms with van der Waals surface area (Å²) in [7, 11) is 0. The van der Waals surface area contributed by atoms with Crippen molar-refractivity contribution in [2.75, 3.05) is 9.80 Å². The maximum Gasteiger partial charge on any atom is 0.0561 e. The molecule has 0 spiro atoms. The van der Waals surface area contributed by atoms with Crippen LogP contribution in [0.5, 0.6) is 0 Å². The van der Waals surface area contributed by atoms with Crippen molar-refractivity contribution in [3.05, 3.63) is 156 Å². The van der Waals surface area contributed by atoms with Crippen LogP contribution >= 0.6 is 0 Å². The third kappa shape index (κ3) is 4.97. The SMILES string of the molecule is Cc1ccc(N(c2ccc(C)cc2)c2cc(N(c3ccc(C)cc3)c3ccc(C)cc3)c3cccccc2-3)cc1. The number of fused-ring (bicyclic) bond motifs is 1. The minimum atomic E-state index is 1.14. The number of aryl methyl sites for hydroxylation is 4. The van der Waals surface area contributed by atoms with Gasteiger partial charge in [-0.05, 0) is 82.3 Å². The van der Waals surface area contributed by atoms with E-state index in [1.54, 1.807) is 0 Å². The van der Waals surface area contributed by atoms with Crippen LogP contribution in [0.4, 0.5) is 34.1 Å². The first-order valence-corrected chi connectivity index (χ1v) is 13.9. The molecule has 0 aromatic heterocycles. The van der Waals surface area contributed by atoms with Gasteiger partial charge in [0.15, 0.2) is 0 Å². The second-order valence-electron chi connectivity index (χ2n) is 10.7. The Labute approximate surface area is 238 Å². The summed E-state index contributed by atoms with van der Waals surface area (Å²) in [5.41, 5.74) is 14.2. The van der Waals surface area contributed by atoms with Crippen LogP contribution in [0.1, 0.15) is 22.3 Å². The fourth-order valence-electron chi connectivity index (χ4n) is 5.28. The lowest BCUT2D eigenvalue weighted by molar-refractivity contribution is 1.27. The molecule has 40 heavy (non-hydrogen) atoms. The topological polar surface area (TPSA) is 6.48 Å². The van der Waals surface area contributed by atoms with E-state index in [0.717, 1.165) is 34.1 Å². The fourth-order valence-corrected chi connectivity index (χ4v) is 5.28. The van der Waals surface area contributed by atoms with Gasteiger partial charge in [0.2, 0.25) is 0 Å². The number of nitrogens with zero attached hydrogens (tertiary/aromatic N) is 2. The molecule has 4 aromatic carbocycles. The zero-order valence-corrected chi connectivity index (χ0v) is 23.6. The molecule has 0 atom stereocenters. The molecule has 0 unspecified atom stereocenters. The largest absolute Gasteiger partial charge is 0.310 e. The molecule has 0 bridgehead atoms. The molecule has 0 radical (unpaired) electrons. The molecule has 0 saturated carbocycles. The summed E-state index contributed by atoms with van der Waals surface area (Å²) in [6.07, 6.45) is 0. The molecule has 4 aromatic rings. The van der Waals surface area contributed by atoms with Crippen molar-refractivity contribution < 1.29 is 0 Å². The molecule has 0 N–H and O–H groups in total. The van der Waals surface area contributed by atoms with Crippen molar-refractivity contribution in [3.63, 3.8) is 0 Å². The predicted molar refractivity (Wildman–Crippen MR) is 171 cm³/mol. The molecule has 0 fully saturated rings. The van der Waals surface area contributed by atoms with Crippen molar-refractivity contribution in [1.82, 2.24) is 0 Å². The zero-order valence-electron chi connectivity index (χ0n) is 23.6. The molecule has 6 rings (SSSR count). The molecule has 0 amide bonds. The molecular formula is C38H34N2. The average Bonchev–Trinajstić information content (AvgIpc) is 3.12. The summed E-state index contributed by atoms with van der Waals surface area (Å²) in [5.74, 6) is 0. The van der Waals surface area contributed by atoms with Crippen LogP contribution in [0.3, 0.4) is 0 Å². The first kappa shape index (κ1) is 25.5. The van der Waals surface area contributed by atoms with Crippen LogP contribution in [0.2, 0.25) is 0 Å². The molecular weight excluding hydrogens is 484 g/mol. The molecule has 2 aliphatic carbocycles. The van der Waals surface area contributed by atoms with Crippen molar-refractivity contribution in [1.29, 1.82) is 0 Å². The Morgan fingerprint density at radius 1 is 0.325 bits per heavy atom. The van der Waals surface area contributed by atoms with E-state index >= 15 is 0 Å². The van der Waals surface area contributed by atoms with Gasteiger partial charge in [0.25, 0.3) is 0 Å². The van der Waals surface area contributed by atoms with E-state index in [9.17, 15) is 0 Å². The van der Waals surface area contributed by atoms with Gasteiger partial charge in [-0.15, -0.1) is 0 Å². The van der Waals surface area contributed by atoms with E-state index in [0.29, 0.717) is 0 Å². The average molecular weight is 519 g/mol. The van der Waals surface area contributed by atoms with Crippen molar-refractivity contribution in [2.45, 2.75) is 27.7 Å². The highest BCUT2D eigenvalue weighted by Crippen LogP contribution is 2.51. The second kappa shape index (κ2) is 10.7. The van der Waals surface area contributed by atoms with Gasteiger partial charge in [0.05, 0.1) is 11.4 Å². The smallest absolute Gasteiger partial charge is 0.0561 e. The van der Waals surface area contributed by atoms with Gasteiger partial charge in [-0.2, -0.15) is 0 Å². The standard InChI is InChI=1S/C38H34N2/c1-27-10-18-31(19-11-27)39(32-20-12-28(2)13-21-32)37-26-38(36-9-7-5-6-8-35(36)37)40(33-22-14-29(3)15-23-33)34-24-16-30(4)17-25-34/h5-26H,1-4H3. The highest BCUT2D eigenvalue weighted by Gasteiger charge is 2.26.